The molecule has 0 aliphatic heterocycles. The summed E-state index contributed by atoms with van der Waals surface area (Å²) in [5.41, 5.74) is 2.19. The summed E-state index contributed by atoms with van der Waals surface area (Å²) in [7, 11) is 5.45. The monoisotopic (exact) mass is 403 g/mol. The smallest absolute Gasteiger partial charge is 0.209 e. The number of methoxy groups -OCH3 is 2. The fourth-order valence-electron chi connectivity index (χ4n) is 2.66. The van der Waals surface area contributed by atoms with Crippen LogP contribution in [0.15, 0.2) is 48.5 Å². The summed E-state index contributed by atoms with van der Waals surface area (Å²) in [6.07, 6.45) is 0. The Bertz CT molecular complexity index is 920. The molecule has 1 atom stereocenters. The van der Waals surface area contributed by atoms with E-state index in [0.717, 1.165) is 32.8 Å². The molecule has 0 amide bonds. The largest absolute Gasteiger partial charge is 0.497 e. The van der Waals surface area contributed by atoms with Crippen molar-refractivity contribution in [1.82, 2.24) is 9.78 Å². The van der Waals surface area contributed by atoms with Crippen LogP contribution in [-0.4, -0.2) is 31.0 Å². The first kappa shape index (κ1) is 19.3. The van der Waals surface area contributed by atoms with Gasteiger partial charge in [0.25, 0.3) is 0 Å². The Balaban J connectivity index is 1.62. The third-order valence-electron chi connectivity index (χ3n) is 4.03. The third kappa shape index (κ3) is 5.29. The van der Waals surface area contributed by atoms with E-state index in [0.29, 0.717) is 6.67 Å². The molecule has 3 aromatic rings. The molecule has 3 rings (SSSR count). The van der Waals surface area contributed by atoms with Gasteiger partial charge in [-0.05, 0) is 60.7 Å². The highest BCUT2D eigenvalue weighted by Crippen LogP contribution is 2.22. The number of rotatable bonds is 8. The fourth-order valence-corrected chi connectivity index (χ4v) is 3.68. The summed E-state index contributed by atoms with van der Waals surface area (Å²) in [4.78, 5) is 1.29. The van der Waals surface area contributed by atoms with E-state index >= 15 is 0 Å². The maximum atomic E-state index is 5.47. The van der Waals surface area contributed by atoms with E-state index in [9.17, 15) is 0 Å². The van der Waals surface area contributed by atoms with Gasteiger partial charge in [0.2, 0.25) is 5.13 Å². The minimum Gasteiger partial charge on any atom is -0.497 e. The second kappa shape index (κ2) is 8.98. The summed E-state index contributed by atoms with van der Waals surface area (Å²) in [5, 5.41) is 8.68. The van der Waals surface area contributed by atoms with Crippen LogP contribution in [-0.2, 0) is 13.2 Å². The number of aromatic nitrogens is 2. The molecule has 0 fully saturated rings. The number of hydrogen-bond acceptors (Lipinski definition) is 6. The van der Waals surface area contributed by atoms with Gasteiger partial charge in [-0.15, -0.1) is 5.10 Å². The van der Waals surface area contributed by atoms with E-state index in [1.807, 2.05) is 41.1 Å². The van der Waals surface area contributed by atoms with Gasteiger partial charge in [0.15, 0.2) is 10.6 Å². The summed E-state index contributed by atoms with van der Waals surface area (Å²) < 4.78 is 13.0. The topological polar surface area (TPSA) is 52.8 Å². The quantitative estimate of drug-likeness (QED) is 0.566. The molecule has 0 radical (unpaired) electrons. The zero-order chi connectivity index (χ0) is 19.2. The molecular formula is C19H23N4O2S2+. The molecule has 2 aromatic carbocycles. The minimum atomic E-state index is 0.700. The first-order chi connectivity index (χ1) is 13.1. The van der Waals surface area contributed by atoms with Gasteiger partial charge < -0.3 is 19.7 Å². The van der Waals surface area contributed by atoms with Gasteiger partial charge in [0, 0.05) is 11.3 Å². The number of benzene rings is 2. The zero-order valence-corrected chi connectivity index (χ0v) is 17.2. The standard InChI is InChI=1S/C19H22N4O2S2/c1-22(12-14-4-8-16(24-2)9-5-14)13-23-19(26)27-18(21-23)20-15-6-10-17(25-3)11-7-15/h4-11H,12-13H2,1-3H3,(H,20,21)/p+1. The van der Waals surface area contributed by atoms with Crippen LogP contribution in [0.2, 0.25) is 0 Å². The Kier molecular flexibility index (Phi) is 6.44. The SMILES string of the molecule is COc1ccc(C[NH+](C)Cn2nc(Nc3ccc(OC)cc3)sc2=S)cc1. The van der Waals surface area contributed by atoms with Crippen LogP contribution < -0.4 is 19.7 Å². The van der Waals surface area contributed by atoms with Gasteiger partial charge in [-0.3, -0.25) is 0 Å². The van der Waals surface area contributed by atoms with E-state index < -0.39 is 0 Å². The van der Waals surface area contributed by atoms with Crippen LogP contribution in [0.25, 0.3) is 0 Å². The number of anilines is 2. The minimum absolute atomic E-state index is 0.700. The lowest BCUT2D eigenvalue weighted by molar-refractivity contribution is -0.917. The maximum Gasteiger partial charge on any atom is 0.209 e. The van der Waals surface area contributed by atoms with E-state index in [2.05, 4.69) is 29.6 Å². The van der Waals surface area contributed by atoms with Gasteiger partial charge in [-0.1, -0.05) is 11.3 Å². The lowest BCUT2D eigenvalue weighted by atomic mass is 10.2. The van der Waals surface area contributed by atoms with Crippen molar-refractivity contribution >= 4 is 34.4 Å². The molecule has 1 heterocycles. The van der Waals surface area contributed by atoms with Crippen molar-refractivity contribution in [2.45, 2.75) is 13.2 Å². The van der Waals surface area contributed by atoms with Crippen molar-refractivity contribution in [2.75, 3.05) is 26.6 Å². The maximum absolute atomic E-state index is 5.47. The highest BCUT2D eigenvalue weighted by Gasteiger charge is 2.10. The average Bonchev–Trinajstić information content (AvgIpc) is 3.01. The van der Waals surface area contributed by atoms with E-state index in [1.165, 1.54) is 21.8 Å². The van der Waals surface area contributed by atoms with Crippen LogP contribution >= 0.6 is 23.6 Å². The summed E-state index contributed by atoms with van der Waals surface area (Å²) in [6.45, 7) is 1.58. The normalized spacial score (nSPS) is 11.8. The molecule has 27 heavy (non-hydrogen) atoms. The summed E-state index contributed by atoms with van der Waals surface area (Å²) in [5.74, 6) is 1.69. The lowest BCUT2D eigenvalue weighted by Gasteiger charge is -2.14. The first-order valence-electron chi connectivity index (χ1n) is 8.50. The third-order valence-corrected chi connectivity index (χ3v) is 5.26. The van der Waals surface area contributed by atoms with Crippen LogP contribution in [0.3, 0.4) is 0 Å². The predicted octanol–water partition coefficient (Wildman–Crippen LogP) is 3.11. The zero-order valence-electron chi connectivity index (χ0n) is 15.6. The van der Waals surface area contributed by atoms with Crippen LogP contribution in [0.4, 0.5) is 10.8 Å². The number of nitrogens with zero attached hydrogens (tertiary/aromatic N) is 2. The first-order valence-corrected chi connectivity index (χ1v) is 9.73. The van der Waals surface area contributed by atoms with Gasteiger partial charge in [0.1, 0.15) is 18.0 Å². The van der Waals surface area contributed by atoms with Crippen LogP contribution in [0.5, 0.6) is 11.5 Å². The predicted molar refractivity (Wildman–Crippen MR) is 111 cm³/mol. The van der Waals surface area contributed by atoms with Gasteiger partial charge in [-0.2, -0.15) is 4.68 Å². The van der Waals surface area contributed by atoms with E-state index in [1.54, 1.807) is 14.2 Å². The molecule has 1 unspecified atom stereocenters. The average molecular weight is 404 g/mol. The Hall–Kier alpha value is -2.42. The Morgan fingerprint density at radius 3 is 2.22 bits per heavy atom. The molecule has 0 spiro atoms. The molecule has 0 saturated heterocycles. The van der Waals surface area contributed by atoms with Crippen molar-refractivity contribution in [3.05, 3.63) is 58.0 Å². The van der Waals surface area contributed by atoms with Crippen LogP contribution in [0.1, 0.15) is 5.56 Å². The molecular weight excluding hydrogens is 380 g/mol. The molecule has 0 aliphatic carbocycles. The van der Waals surface area contributed by atoms with Crippen molar-refractivity contribution in [3.63, 3.8) is 0 Å². The number of nitrogens with one attached hydrogen (secondary N) is 2. The second-order valence-corrected chi connectivity index (χ2v) is 7.79. The Labute approximate surface area is 168 Å². The van der Waals surface area contributed by atoms with Gasteiger partial charge in [0.05, 0.1) is 21.3 Å². The van der Waals surface area contributed by atoms with Crippen molar-refractivity contribution in [2.24, 2.45) is 0 Å². The lowest BCUT2D eigenvalue weighted by Crippen LogP contribution is -3.07. The van der Waals surface area contributed by atoms with Gasteiger partial charge in [-0.25, -0.2) is 0 Å². The van der Waals surface area contributed by atoms with Crippen molar-refractivity contribution in [1.29, 1.82) is 0 Å². The van der Waals surface area contributed by atoms with E-state index in [-0.39, 0.29) is 0 Å². The Morgan fingerprint density at radius 2 is 1.63 bits per heavy atom. The molecule has 0 bridgehead atoms. The molecule has 0 saturated carbocycles. The molecule has 142 valence electrons. The molecule has 1 aromatic heterocycles. The second-order valence-electron chi connectivity index (χ2n) is 6.17. The number of hydrogen-bond donors (Lipinski definition) is 2. The highest BCUT2D eigenvalue weighted by molar-refractivity contribution is 7.73. The summed E-state index contributed by atoms with van der Waals surface area (Å²) in [6, 6.07) is 15.8. The van der Waals surface area contributed by atoms with E-state index in [4.69, 9.17) is 21.7 Å². The number of quaternary nitrogens is 1. The fraction of sp³-hybridized carbons (Fsp3) is 0.263. The molecule has 8 heteroatoms. The molecule has 2 N–H and O–H groups in total. The van der Waals surface area contributed by atoms with Crippen LogP contribution in [0, 0.1) is 3.95 Å². The molecule has 6 nitrogen and oxygen atoms in total. The highest BCUT2D eigenvalue weighted by atomic mass is 32.1. The Morgan fingerprint density at radius 1 is 1.04 bits per heavy atom. The van der Waals surface area contributed by atoms with Crippen molar-refractivity contribution in [3.8, 4) is 11.5 Å². The molecule has 0 aliphatic rings. The van der Waals surface area contributed by atoms with Crippen molar-refractivity contribution < 1.29 is 14.4 Å². The van der Waals surface area contributed by atoms with Gasteiger partial charge >= 0.3 is 0 Å². The number of ether oxygens (including phenoxy) is 2. The summed E-state index contributed by atoms with van der Waals surface area (Å²) >= 11 is 6.94.